The summed E-state index contributed by atoms with van der Waals surface area (Å²) in [5, 5.41) is 2.50. The molecule has 0 fully saturated rings. The van der Waals surface area contributed by atoms with Gasteiger partial charge in [0.05, 0.1) is 6.54 Å². The van der Waals surface area contributed by atoms with Crippen LogP contribution in [0.25, 0.3) is 11.1 Å². The molecular weight excluding hydrogens is 235 g/mol. The average molecular weight is 243 g/mol. The van der Waals surface area contributed by atoms with Crippen LogP contribution in [0.5, 0.6) is 0 Å². The molecule has 2 aromatic rings. The monoisotopic (exact) mass is 242 g/mol. The maximum atomic E-state index is 12.8. The van der Waals surface area contributed by atoms with E-state index in [2.05, 4.69) is 10.3 Å². The highest BCUT2D eigenvalue weighted by Gasteiger charge is 2.07. The number of alkyl halides is 1. The zero-order chi connectivity index (χ0) is 11.5. The van der Waals surface area contributed by atoms with Crippen molar-refractivity contribution in [2.75, 3.05) is 5.88 Å². The van der Waals surface area contributed by atoms with Gasteiger partial charge in [-0.1, -0.05) is 0 Å². The molecule has 0 spiro atoms. The molecule has 1 heterocycles. The third-order valence-electron chi connectivity index (χ3n) is 1.95. The topological polar surface area (TPSA) is 55.1 Å². The SMILES string of the molecule is O=C(CCl)NCc1nc2cc(F)ccc2o1. The first-order valence-corrected chi connectivity index (χ1v) is 5.10. The molecule has 1 aromatic heterocycles. The molecule has 0 aliphatic heterocycles. The van der Waals surface area contributed by atoms with Gasteiger partial charge < -0.3 is 9.73 Å². The third-order valence-corrected chi connectivity index (χ3v) is 2.19. The van der Waals surface area contributed by atoms with E-state index in [4.69, 9.17) is 16.0 Å². The molecule has 0 saturated carbocycles. The molecule has 0 unspecified atom stereocenters. The van der Waals surface area contributed by atoms with Crippen LogP contribution in [-0.2, 0) is 11.3 Å². The molecule has 0 radical (unpaired) electrons. The second-order valence-electron chi connectivity index (χ2n) is 3.13. The van der Waals surface area contributed by atoms with Gasteiger partial charge in [-0.25, -0.2) is 9.37 Å². The maximum absolute atomic E-state index is 12.8. The van der Waals surface area contributed by atoms with E-state index in [0.29, 0.717) is 17.0 Å². The van der Waals surface area contributed by atoms with Crippen molar-refractivity contribution in [3.8, 4) is 0 Å². The molecule has 0 saturated heterocycles. The zero-order valence-corrected chi connectivity index (χ0v) is 8.92. The molecule has 1 N–H and O–H groups in total. The zero-order valence-electron chi connectivity index (χ0n) is 8.17. The number of amides is 1. The van der Waals surface area contributed by atoms with Crippen molar-refractivity contribution >= 4 is 28.6 Å². The van der Waals surface area contributed by atoms with E-state index in [1.807, 2.05) is 0 Å². The molecule has 6 heteroatoms. The van der Waals surface area contributed by atoms with Gasteiger partial charge in [-0.2, -0.15) is 0 Å². The molecule has 2 rings (SSSR count). The number of carbonyl (C=O) groups excluding carboxylic acids is 1. The minimum atomic E-state index is -0.378. The van der Waals surface area contributed by atoms with Gasteiger partial charge in [0.15, 0.2) is 5.58 Å². The molecule has 16 heavy (non-hydrogen) atoms. The Hall–Kier alpha value is -1.62. The van der Waals surface area contributed by atoms with Crippen LogP contribution in [0.3, 0.4) is 0 Å². The lowest BCUT2D eigenvalue weighted by molar-refractivity contribution is -0.118. The summed E-state index contributed by atoms with van der Waals surface area (Å²) < 4.78 is 18.1. The Kier molecular flexibility index (Phi) is 3.05. The predicted octanol–water partition coefficient (Wildman–Crippen LogP) is 1.82. The highest BCUT2D eigenvalue weighted by Crippen LogP contribution is 2.16. The van der Waals surface area contributed by atoms with Crippen LogP contribution >= 0.6 is 11.6 Å². The van der Waals surface area contributed by atoms with E-state index in [0.717, 1.165) is 0 Å². The lowest BCUT2D eigenvalue weighted by Crippen LogP contribution is -2.23. The first-order chi connectivity index (χ1) is 7.69. The Morgan fingerprint density at radius 3 is 3.12 bits per heavy atom. The van der Waals surface area contributed by atoms with E-state index < -0.39 is 0 Å². The molecule has 0 aliphatic carbocycles. The van der Waals surface area contributed by atoms with Crippen LogP contribution in [0.2, 0.25) is 0 Å². The maximum Gasteiger partial charge on any atom is 0.235 e. The number of fused-ring (bicyclic) bond motifs is 1. The number of hydrogen-bond donors (Lipinski definition) is 1. The fourth-order valence-electron chi connectivity index (χ4n) is 1.25. The summed E-state index contributed by atoms with van der Waals surface area (Å²) in [6.45, 7) is 0.141. The Morgan fingerprint density at radius 2 is 2.38 bits per heavy atom. The lowest BCUT2D eigenvalue weighted by atomic mass is 10.3. The number of halogens is 2. The van der Waals surface area contributed by atoms with Crippen molar-refractivity contribution in [2.24, 2.45) is 0 Å². The quantitative estimate of drug-likeness (QED) is 0.836. The van der Waals surface area contributed by atoms with Crippen molar-refractivity contribution in [1.29, 1.82) is 0 Å². The van der Waals surface area contributed by atoms with Gasteiger partial charge in [0.2, 0.25) is 11.8 Å². The smallest absolute Gasteiger partial charge is 0.235 e. The Bertz CT molecular complexity index is 527. The number of nitrogens with zero attached hydrogens (tertiary/aromatic N) is 1. The summed E-state index contributed by atoms with van der Waals surface area (Å²) >= 11 is 5.31. The van der Waals surface area contributed by atoms with Gasteiger partial charge >= 0.3 is 0 Å². The summed E-state index contributed by atoms with van der Waals surface area (Å²) in [4.78, 5) is 14.9. The van der Waals surface area contributed by atoms with Crippen LogP contribution in [-0.4, -0.2) is 16.8 Å². The normalized spacial score (nSPS) is 10.6. The highest BCUT2D eigenvalue weighted by molar-refractivity contribution is 6.27. The molecule has 1 amide bonds. The van der Waals surface area contributed by atoms with Gasteiger partial charge in [-0.3, -0.25) is 4.79 Å². The Balaban J connectivity index is 2.16. The average Bonchev–Trinajstić information content (AvgIpc) is 2.67. The summed E-state index contributed by atoms with van der Waals surface area (Å²) in [7, 11) is 0. The van der Waals surface area contributed by atoms with Crippen LogP contribution in [0.4, 0.5) is 4.39 Å². The third kappa shape index (κ3) is 2.30. The van der Waals surface area contributed by atoms with E-state index in [-0.39, 0.29) is 24.1 Å². The van der Waals surface area contributed by atoms with Crippen LogP contribution in [0, 0.1) is 5.82 Å². The first-order valence-electron chi connectivity index (χ1n) is 4.56. The van der Waals surface area contributed by atoms with E-state index in [1.54, 1.807) is 0 Å². The highest BCUT2D eigenvalue weighted by atomic mass is 35.5. The largest absolute Gasteiger partial charge is 0.439 e. The Morgan fingerprint density at radius 1 is 1.56 bits per heavy atom. The van der Waals surface area contributed by atoms with E-state index in [1.165, 1.54) is 18.2 Å². The second kappa shape index (κ2) is 4.49. The van der Waals surface area contributed by atoms with Crippen molar-refractivity contribution in [1.82, 2.24) is 10.3 Å². The molecule has 1 aromatic carbocycles. The number of oxazole rings is 1. The van der Waals surface area contributed by atoms with Crippen molar-refractivity contribution < 1.29 is 13.6 Å². The summed E-state index contributed by atoms with van der Waals surface area (Å²) in [5.41, 5.74) is 0.909. The Labute approximate surface area is 95.4 Å². The molecule has 0 aliphatic rings. The summed E-state index contributed by atoms with van der Waals surface area (Å²) in [5.74, 6) is -0.485. The number of aromatic nitrogens is 1. The fourth-order valence-corrected chi connectivity index (χ4v) is 1.34. The number of carbonyl (C=O) groups is 1. The van der Waals surface area contributed by atoms with Gasteiger partial charge in [-0.15, -0.1) is 11.6 Å². The number of rotatable bonds is 3. The van der Waals surface area contributed by atoms with Crippen LogP contribution < -0.4 is 5.32 Å². The fraction of sp³-hybridized carbons (Fsp3) is 0.200. The molecule has 4 nitrogen and oxygen atoms in total. The van der Waals surface area contributed by atoms with Gasteiger partial charge in [0, 0.05) is 6.07 Å². The van der Waals surface area contributed by atoms with Gasteiger partial charge in [0.25, 0.3) is 0 Å². The second-order valence-corrected chi connectivity index (χ2v) is 3.40. The van der Waals surface area contributed by atoms with Gasteiger partial charge in [-0.05, 0) is 12.1 Å². The standard InChI is InChI=1S/C10H8ClFN2O2/c11-4-9(15)13-5-10-14-7-3-6(12)1-2-8(7)16-10/h1-3H,4-5H2,(H,13,15). The lowest BCUT2D eigenvalue weighted by Gasteiger charge is -1.96. The molecule has 0 bridgehead atoms. The molecular formula is C10H8ClFN2O2. The number of nitrogens with one attached hydrogen (secondary N) is 1. The predicted molar refractivity (Wildman–Crippen MR) is 56.5 cm³/mol. The first kappa shape index (κ1) is 10.9. The number of benzene rings is 1. The van der Waals surface area contributed by atoms with Crippen LogP contribution in [0.1, 0.15) is 5.89 Å². The minimum absolute atomic E-state index is 0.116. The minimum Gasteiger partial charge on any atom is -0.439 e. The molecule has 0 atom stereocenters. The van der Waals surface area contributed by atoms with E-state index >= 15 is 0 Å². The van der Waals surface area contributed by atoms with E-state index in [9.17, 15) is 9.18 Å². The van der Waals surface area contributed by atoms with Crippen molar-refractivity contribution in [2.45, 2.75) is 6.54 Å². The van der Waals surface area contributed by atoms with Crippen LogP contribution in [0.15, 0.2) is 22.6 Å². The summed E-state index contributed by atoms with van der Waals surface area (Å²) in [6.07, 6.45) is 0. The number of hydrogen-bond acceptors (Lipinski definition) is 3. The summed E-state index contributed by atoms with van der Waals surface area (Å²) in [6, 6.07) is 4.05. The van der Waals surface area contributed by atoms with Gasteiger partial charge in [0.1, 0.15) is 17.2 Å². The van der Waals surface area contributed by atoms with Crippen molar-refractivity contribution in [3.63, 3.8) is 0 Å². The molecule has 84 valence electrons. The van der Waals surface area contributed by atoms with Crippen molar-refractivity contribution in [3.05, 3.63) is 29.9 Å².